The summed E-state index contributed by atoms with van der Waals surface area (Å²) in [6.45, 7) is 4.60. The van der Waals surface area contributed by atoms with Crippen molar-refractivity contribution in [3.63, 3.8) is 0 Å². The van der Waals surface area contributed by atoms with Crippen molar-refractivity contribution in [3.8, 4) is 0 Å². The van der Waals surface area contributed by atoms with Crippen LogP contribution in [-0.4, -0.2) is 34.1 Å². The Labute approximate surface area is 145 Å². The van der Waals surface area contributed by atoms with E-state index in [2.05, 4.69) is 15.5 Å². The molecule has 0 unspecified atom stereocenters. The van der Waals surface area contributed by atoms with Crippen LogP contribution in [0.15, 0.2) is 18.2 Å². The predicted molar refractivity (Wildman–Crippen MR) is 90.9 cm³/mol. The van der Waals surface area contributed by atoms with Crippen molar-refractivity contribution in [2.45, 2.75) is 26.4 Å². The second-order valence-corrected chi connectivity index (χ2v) is 6.34. The lowest BCUT2D eigenvalue weighted by Gasteiger charge is -2.21. The van der Waals surface area contributed by atoms with Crippen LogP contribution < -0.4 is 5.32 Å². The first-order chi connectivity index (χ1) is 11.1. The van der Waals surface area contributed by atoms with Gasteiger partial charge in [0, 0.05) is 43.9 Å². The average molecular weight is 353 g/mol. The summed E-state index contributed by atoms with van der Waals surface area (Å²) >= 11 is 12.0. The maximum Gasteiger partial charge on any atom is 0.274 e. The molecule has 0 fully saturated rings. The standard InChI is InChI=1S/C16H18Cl2N4O/c1-2-22(9-10-3-4-12(17)13(18)7-10)16(23)15-11-8-19-6-5-14(11)20-21-15/h3-4,7,19H,2,5-6,8-9H2,1H3,(H,20,21). The second kappa shape index (κ2) is 6.91. The molecular formula is C16H18Cl2N4O. The van der Waals surface area contributed by atoms with Gasteiger partial charge in [0.25, 0.3) is 5.91 Å². The maximum atomic E-state index is 12.8. The normalized spacial score (nSPS) is 13.7. The Hall–Kier alpha value is -1.56. The highest BCUT2D eigenvalue weighted by molar-refractivity contribution is 6.42. The second-order valence-electron chi connectivity index (χ2n) is 5.52. The number of carbonyl (C=O) groups is 1. The van der Waals surface area contributed by atoms with Gasteiger partial charge >= 0.3 is 0 Å². The molecule has 0 saturated heterocycles. The van der Waals surface area contributed by atoms with Crippen LogP contribution in [0.3, 0.4) is 0 Å². The van der Waals surface area contributed by atoms with Crippen molar-refractivity contribution in [2.24, 2.45) is 0 Å². The molecule has 1 aliphatic heterocycles. The molecule has 2 heterocycles. The molecule has 1 aromatic heterocycles. The number of hydrogen-bond acceptors (Lipinski definition) is 3. The van der Waals surface area contributed by atoms with Gasteiger partial charge in [-0.05, 0) is 24.6 Å². The molecule has 0 saturated carbocycles. The summed E-state index contributed by atoms with van der Waals surface area (Å²) in [5.74, 6) is -0.0697. The zero-order valence-corrected chi connectivity index (χ0v) is 14.3. The number of hydrogen-bond donors (Lipinski definition) is 2. The van der Waals surface area contributed by atoms with Gasteiger partial charge in [-0.25, -0.2) is 0 Å². The van der Waals surface area contributed by atoms with Gasteiger partial charge < -0.3 is 10.2 Å². The minimum Gasteiger partial charge on any atom is -0.333 e. The first kappa shape index (κ1) is 16.3. The molecule has 7 heteroatoms. The SMILES string of the molecule is CCN(Cc1ccc(Cl)c(Cl)c1)C(=O)c1n[nH]c2c1CNCC2. The third-order valence-corrected chi connectivity index (χ3v) is 4.77. The highest BCUT2D eigenvalue weighted by Gasteiger charge is 2.25. The fraction of sp³-hybridized carbons (Fsp3) is 0.375. The number of carbonyl (C=O) groups excluding carboxylic acids is 1. The number of benzene rings is 1. The Morgan fingerprint density at radius 3 is 2.91 bits per heavy atom. The molecule has 122 valence electrons. The van der Waals surface area contributed by atoms with E-state index in [1.54, 1.807) is 17.0 Å². The van der Waals surface area contributed by atoms with Gasteiger partial charge in [0.05, 0.1) is 10.0 Å². The van der Waals surface area contributed by atoms with E-state index >= 15 is 0 Å². The van der Waals surface area contributed by atoms with Gasteiger partial charge in [-0.15, -0.1) is 0 Å². The Morgan fingerprint density at radius 1 is 1.35 bits per heavy atom. The Morgan fingerprint density at radius 2 is 2.17 bits per heavy atom. The van der Waals surface area contributed by atoms with E-state index < -0.39 is 0 Å². The fourth-order valence-electron chi connectivity index (χ4n) is 2.74. The van der Waals surface area contributed by atoms with Crippen LogP contribution in [0.1, 0.15) is 34.2 Å². The van der Waals surface area contributed by atoms with E-state index in [0.717, 1.165) is 29.8 Å². The molecular weight excluding hydrogens is 335 g/mol. The molecule has 1 aromatic carbocycles. The largest absolute Gasteiger partial charge is 0.333 e. The van der Waals surface area contributed by atoms with Crippen LogP contribution in [0.25, 0.3) is 0 Å². The number of rotatable bonds is 4. The van der Waals surface area contributed by atoms with Crippen LogP contribution in [-0.2, 0) is 19.5 Å². The third-order valence-electron chi connectivity index (χ3n) is 4.04. The predicted octanol–water partition coefficient (Wildman–Crippen LogP) is 3.02. The van der Waals surface area contributed by atoms with Gasteiger partial charge in [0.1, 0.15) is 0 Å². The summed E-state index contributed by atoms with van der Waals surface area (Å²) in [5.41, 5.74) is 3.48. The van der Waals surface area contributed by atoms with Crippen LogP contribution >= 0.6 is 23.2 Å². The van der Waals surface area contributed by atoms with Gasteiger partial charge in [0.15, 0.2) is 5.69 Å². The molecule has 0 bridgehead atoms. The summed E-state index contributed by atoms with van der Waals surface area (Å²) in [4.78, 5) is 14.6. The number of nitrogens with zero attached hydrogens (tertiary/aromatic N) is 2. The van der Waals surface area contributed by atoms with E-state index in [4.69, 9.17) is 23.2 Å². The van der Waals surface area contributed by atoms with Gasteiger partial charge in [-0.1, -0.05) is 29.3 Å². The number of amides is 1. The third kappa shape index (κ3) is 3.37. The summed E-state index contributed by atoms with van der Waals surface area (Å²) < 4.78 is 0. The number of aromatic nitrogens is 2. The number of H-pyrrole nitrogens is 1. The molecule has 0 atom stereocenters. The van der Waals surface area contributed by atoms with E-state index in [1.807, 2.05) is 13.0 Å². The molecule has 0 radical (unpaired) electrons. The van der Waals surface area contributed by atoms with Crippen LogP contribution in [0, 0.1) is 0 Å². The molecule has 0 spiro atoms. The number of aromatic amines is 1. The smallest absolute Gasteiger partial charge is 0.274 e. The zero-order valence-electron chi connectivity index (χ0n) is 12.8. The quantitative estimate of drug-likeness (QED) is 0.888. The summed E-state index contributed by atoms with van der Waals surface area (Å²) in [6.07, 6.45) is 0.870. The lowest BCUT2D eigenvalue weighted by atomic mass is 10.1. The Bertz CT molecular complexity index is 729. The molecule has 5 nitrogen and oxygen atoms in total. The van der Waals surface area contributed by atoms with Crippen LogP contribution in [0.2, 0.25) is 10.0 Å². The summed E-state index contributed by atoms with van der Waals surface area (Å²) in [7, 11) is 0. The lowest BCUT2D eigenvalue weighted by molar-refractivity contribution is 0.0745. The van der Waals surface area contributed by atoms with Crippen molar-refractivity contribution in [1.29, 1.82) is 0 Å². The van der Waals surface area contributed by atoms with Crippen molar-refractivity contribution in [2.75, 3.05) is 13.1 Å². The lowest BCUT2D eigenvalue weighted by Crippen LogP contribution is -2.32. The van der Waals surface area contributed by atoms with Crippen molar-refractivity contribution in [1.82, 2.24) is 20.4 Å². The summed E-state index contributed by atoms with van der Waals surface area (Å²) in [6, 6.07) is 5.42. The Kier molecular flexibility index (Phi) is 4.90. The highest BCUT2D eigenvalue weighted by Crippen LogP contribution is 2.24. The Balaban J connectivity index is 1.81. The molecule has 1 aliphatic rings. The fourth-order valence-corrected chi connectivity index (χ4v) is 3.06. The van der Waals surface area contributed by atoms with Gasteiger partial charge in [-0.3, -0.25) is 9.89 Å². The molecule has 2 N–H and O–H groups in total. The molecule has 2 aromatic rings. The first-order valence-electron chi connectivity index (χ1n) is 7.60. The van der Waals surface area contributed by atoms with Crippen LogP contribution in [0.4, 0.5) is 0 Å². The average Bonchev–Trinajstić information content (AvgIpc) is 2.99. The number of fused-ring (bicyclic) bond motifs is 1. The molecule has 3 rings (SSSR count). The van der Waals surface area contributed by atoms with Gasteiger partial charge in [0.2, 0.25) is 0 Å². The van der Waals surface area contributed by atoms with Crippen LogP contribution in [0.5, 0.6) is 0 Å². The topological polar surface area (TPSA) is 61.0 Å². The highest BCUT2D eigenvalue weighted by atomic mass is 35.5. The molecule has 1 amide bonds. The minimum absolute atomic E-state index is 0.0697. The monoisotopic (exact) mass is 352 g/mol. The molecule has 23 heavy (non-hydrogen) atoms. The van der Waals surface area contributed by atoms with Crippen molar-refractivity contribution < 1.29 is 4.79 Å². The molecule has 0 aliphatic carbocycles. The van der Waals surface area contributed by atoms with E-state index in [9.17, 15) is 4.79 Å². The van der Waals surface area contributed by atoms with Gasteiger partial charge in [-0.2, -0.15) is 5.10 Å². The maximum absolute atomic E-state index is 12.8. The first-order valence-corrected chi connectivity index (χ1v) is 8.35. The number of halogens is 2. The zero-order chi connectivity index (χ0) is 16.4. The minimum atomic E-state index is -0.0697. The van der Waals surface area contributed by atoms with E-state index in [-0.39, 0.29) is 5.91 Å². The van der Waals surface area contributed by atoms with E-state index in [0.29, 0.717) is 35.4 Å². The summed E-state index contributed by atoms with van der Waals surface area (Å²) in [5, 5.41) is 11.5. The van der Waals surface area contributed by atoms with Crippen molar-refractivity contribution >= 4 is 29.1 Å². The number of nitrogens with one attached hydrogen (secondary N) is 2. The van der Waals surface area contributed by atoms with Crippen molar-refractivity contribution in [3.05, 3.63) is 50.8 Å². The van der Waals surface area contributed by atoms with E-state index in [1.165, 1.54) is 0 Å².